The number of rotatable bonds is 6. The summed E-state index contributed by atoms with van der Waals surface area (Å²) in [5.74, 6) is 0. The van der Waals surface area contributed by atoms with E-state index in [1.807, 2.05) is 0 Å². The van der Waals surface area contributed by atoms with Gasteiger partial charge in [0, 0.05) is 11.1 Å². The zero-order valence-corrected chi connectivity index (χ0v) is 11.8. The molecule has 0 aliphatic carbocycles. The number of allylic oxidation sites excluding steroid dienone is 2. The lowest BCUT2D eigenvalue weighted by molar-refractivity contribution is 0.371. The molecule has 0 saturated carbocycles. The molecule has 0 aliphatic rings. The van der Waals surface area contributed by atoms with Crippen LogP contribution in [0.25, 0.3) is 0 Å². The molecule has 0 saturated heterocycles. The first-order chi connectivity index (χ1) is 7.36. The van der Waals surface area contributed by atoms with E-state index in [1.165, 1.54) is 11.3 Å². The van der Waals surface area contributed by atoms with Crippen molar-refractivity contribution in [3.8, 4) is 0 Å². The average molecular weight is 221 g/mol. The summed E-state index contributed by atoms with van der Waals surface area (Å²) >= 11 is 0. The molecule has 0 radical (unpaired) electrons. The highest BCUT2D eigenvalue weighted by molar-refractivity contribution is 5.94. The molecule has 0 bridgehead atoms. The predicted octanol–water partition coefficient (Wildman–Crippen LogP) is 4.79. The van der Waals surface area contributed by atoms with Crippen molar-refractivity contribution in [3.05, 3.63) is 24.3 Å². The van der Waals surface area contributed by atoms with Crippen LogP contribution in [0.3, 0.4) is 0 Å². The summed E-state index contributed by atoms with van der Waals surface area (Å²) in [6.45, 7) is 17.0. The molecule has 0 aromatic rings. The second-order valence-corrected chi connectivity index (χ2v) is 4.96. The molecule has 1 unspecified atom stereocenters. The fourth-order valence-electron chi connectivity index (χ4n) is 1.27. The van der Waals surface area contributed by atoms with Crippen LogP contribution in [0.2, 0.25) is 0 Å². The Hall–Kier alpha value is -0.850. The van der Waals surface area contributed by atoms with Gasteiger partial charge in [-0.25, -0.2) is 0 Å². The minimum Gasteiger partial charge on any atom is -0.286 e. The molecule has 0 fully saturated rings. The van der Waals surface area contributed by atoms with Gasteiger partial charge in [0.15, 0.2) is 0 Å². The van der Waals surface area contributed by atoms with Crippen LogP contribution in [0.4, 0.5) is 0 Å². The van der Waals surface area contributed by atoms with Gasteiger partial charge in [-0.2, -0.15) is 0 Å². The lowest BCUT2D eigenvalue weighted by atomic mass is 9.80. The standard InChI is InChI=1S/C15H27N/c1-8-10-11-14(9-2)16-13(5)15(6,7)12(3)4/h10-11,13H,3,8-9H2,1-2,4-7H3/b11-10-,16-14?. The molecular weight excluding hydrogens is 194 g/mol. The Morgan fingerprint density at radius 3 is 2.31 bits per heavy atom. The van der Waals surface area contributed by atoms with Crippen LogP contribution in [-0.2, 0) is 0 Å². The van der Waals surface area contributed by atoms with Gasteiger partial charge in [-0.05, 0) is 32.8 Å². The molecule has 1 nitrogen and oxygen atoms in total. The third-order valence-corrected chi connectivity index (χ3v) is 3.41. The monoisotopic (exact) mass is 221 g/mol. The number of aliphatic imine (C=N–C) groups is 1. The quantitative estimate of drug-likeness (QED) is 0.451. The highest BCUT2D eigenvalue weighted by Crippen LogP contribution is 2.30. The van der Waals surface area contributed by atoms with E-state index in [4.69, 9.17) is 4.99 Å². The highest BCUT2D eigenvalue weighted by atomic mass is 14.8. The Balaban J connectivity index is 4.84. The molecule has 1 heteroatoms. The molecule has 92 valence electrons. The molecular formula is C15H27N. The van der Waals surface area contributed by atoms with Gasteiger partial charge in [0.1, 0.15) is 0 Å². The third kappa shape index (κ3) is 4.34. The molecule has 0 aliphatic heterocycles. The summed E-state index contributed by atoms with van der Waals surface area (Å²) < 4.78 is 0. The van der Waals surface area contributed by atoms with Crippen molar-refractivity contribution in [2.75, 3.05) is 0 Å². The maximum atomic E-state index is 4.79. The first kappa shape index (κ1) is 15.2. The maximum absolute atomic E-state index is 4.79. The Bertz CT molecular complexity index is 282. The zero-order chi connectivity index (χ0) is 12.8. The lowest BCUT2D eigenvalue weighted by Gasteiger charge is -2.30. The summed E-state index contributed by atoms with van der Waals surface area (Å²) in [6.07, 6.45) is 6.37. The van der Waals surface area contributed by atoms with E-state index < -0.39 is 0 Å². The van der Waals surface area contributed by atoms with E-state index in [2.05, 4.69) is 60.3 Å². The fourth-order valence-corrected chi connectivity index (χ4v) is 1.27. The summed E-state index contributed by atoms with van der Waals surface area (Å²) in [5, 5.41) is 0. The zero-order valence-electron chi connectivity index (χ0n) is 11.8. The Morgan fingerprint density at radius 2 is 1.94 bits per heavy atom. The van der Waals surface area contributed by atoms with Crippen molar-refractivity contribution >= 4 is 5.71 Å². The first-order valence-corrected chi connectivity index (χ1v) is 6.25. The molecule has 0 spiro atoms. The SMILES string of the molecule is C=C(C)C(C)(C)C(C)N=C(/C=C\CC)CC. The molecule has 0 N–H and O–H groups in total. The minimum absolute atomic E-state index is 0.0699. The van der Waals surface area contributed by atoms with Gasteiger partial charge in [0.2, 0.25) is 0 Å². The van der Waals surface area contributed by atoms with Crippen molar-refractivity contribution in [2.24, 2.45) is 10.4 Å². The van der Waals surface area contributed by atoms with Crippen molar-refractivity contribution in [1.29, 1.82) is 0 Å². The predicted molar refractivity (Wildman–Crippen MR) is 75.2 cm³/mol. The summed E-state index contributed by atoms with van der Waals surface area (Å²) in [5.41, 5.74) is 2.45. The van der Waals surface area contributed by atoms with Crippen LogP contribution in [0.1, 0.15) is 54.4 Å². The van der Waals surface area contributed by atoms with Gasteiger partial charge in [-0.3, -0.25) is 4.99 Å². The van der Waals surface area contributed by atoms with E-state index in [1.54, 1.807) is 0 Å². The van der Waals surface area contributed by atoms with Crippen molar-refractivity contribution < 1.29 is 0 Å². The Kier molecular flexibility index (Phi) is 6.32. The first-order valence-electron chi connectivity index (χ1n) is 6.25. The summed E-state index contributed by atoms with van der Waals surface area (Å²) in [7, 11) is 0. The van der Waals surface area contributed by atoms with Crippen LogP contribution in [0.5, 0.6) is 0 Å². The van der Waals surface area contributed by atoms with E-state index in [-0.39, 0.29) is 11.5 Å². The van der Waals surface area contributed by atoms with Crippen molar-refractivity contribution in [1.82, 2.24) is 0 Å². The number of hydrogen-bond acceptors (Lipinski definition) is 1. The number of nitrogens with zero attached hydrogens (tertiary/aromatic N) is 1. The normalized spacial score (nSPS) is 15.5. The second-order valence-electron chi connectivity index (χ2n) is 4.96. The van der Waals surface area contributed by atoms with Crippen molar-refractivity contribution in [2.45, 2.75) is 60.4 Å². The molecule has 0 heterocycles. The summed E-state index contributed by atoms with van der Waals surface area (Å²) in [4.78, 5) is 4.79. The van der Waals surface area contributed by atoms with Gasteiger partial charge in [0.05, 0.1) is 6.04 Å². The van der Waals surface area contributed by atoms with E-state index in [0.717, 1.165) is 12.8 Å². The van der Waals surface area contributed by atoms with Gasteiger partial charge >= 0.3 is 0 Å². The van der Waals surface area contributed by atoms with Crippen molar-refractivity contribution in [3.63, 3.8) is 0 Å². The largest absolute Gasteiger partial charge is 0.286 e. The van der Waals surface area contributed by atoms with Crippen LogP contribution >= 0.6 is 0 Å². The Morgan fingerprint density at radius 1 is 1.38 bits per heavy atom. The van der Waals surface area contributed by atoms with E-state index in [0.29, 0.717) is 0 Å². The lowest BCUT2D eigenvalue weighted by Crippen LogP contribution is -2.26. The molecule has 16 heavy (non-hydrogen) atoms. The summed E-state index contributed by atoms with van der Waals surface area (Å²) in [6, 6.07) is 0.279. The van der Waals surface area contributed by atoms with E-state index >= 15 is 0 Å². The number of hydrogen-bond donors (Lipinski definition) is 0. The van der Waals surface area contributed by atoms with Crippen LogP contribution in [0.15, 0.2) is 29.3 Å². The molecule has 0 aromatic heterocycles. The van der Waals surface area contributed by atoms with Gasteiger partial charge in [-0.15, -0.1) is 0 Å². The average Bonchev–Trinajstić information content (AvgIpc) is 2.23. The van der Waals surface area contributed by atoms with Gasteiger partial charge in [-0.1, -0.05) is 45.9 Å². The second kappa shape index (κ2) is 6.67. The van der Waals surface area contributed by atoms with Gasteiger partial charge in [0.25, 0.3) is 0 Å². The minimum atomic E-state index is 0.0699. The van der Waals surface area contributed by atoms with Crippen LogP contribution < -0.4 is 0 Å². The van der Waals surface area contributed by atoms with Crippen LogP contribution in [0, 0.1) is 5.41 Å². The molecule has 0 aromatic carbocycles. The fraction of sp³-hybridized carbons (Fsp3) is 0.667. The smallest absolute Gasteiger partial charge is 0.0562 e. The third-order valence-electron chi connectivity index (χ3n) is 3.41. The molecule has 0 rings (SSSR count). The van der Waals surface area contributed by atoms with Gasteiger partial charge < -0.3 is 0 Å². The highest BCUT2D eigenvalue weighted by Gasteiger charge is 2.26. The molecule has 1 atom stereocenters. The molecule has 0 amide bonds. The topological polar surface area (TPSA) is 12.4 Å². The van der Waals surface area contributed by atoms with E-state index in [9.17, 15) is 0 Å². The maximum Gasteiger partial charge on any atom is 0.0562 e. The Labute approximate surface area is 101 Å². The van der Waals surface area contributed by atoms with Crippen LogP contribution in [-0.4, -0.2) is 11.8 Å².